The predicted octanol–water partition coefficient (Wildman–Crippen LogP) is 3.98. The molecule has 0 aliphatic carbocycles. The molecule has 2 aromatic rings. The Hall–Kier alpha value is -1.94. The maximum absolute atomic E-state index is 12.1. The zero-order chi connectivity index (χ0) is 16.7. The predicted molar refractivity (Wildman–Crippen MR) is 96.2 cm³/mol. The molecule has 2 rings (SSSR count). The van der Waals surface area contributed by atoms with Crippen molar-refractivity contribution in [3.05, 3.63) is 59.7 Å². The molecule has 0 fully saturated rings. The minimum atomic E-state index is -0.126. The fourth-order valence-corrected chi connectivity index (χ4v) is 2.96. The molecule has 0 saturated carbocycles. The van der Waals surface area contributed by atoms with Gasteiger partial charge in [0.1, 0.15) is 12.4 Å². The lowest BCUT2D eigenvalue weighted by Gasteiger charge is -2.13. The van der Waals surface area contributed by atoms with Crippen molar-refractivity contribution in [2.45, 2.75) is 30.9 Å². The van der Waals surface area contributed by atoms with E-state index in [-0.39, 0.29) is 11.2 Å². The SMILES string of the molecule is Cc1ccc(OCCNC(=O)C(C)Sc2ccccc2)cc1C. The fraction of sp³-hybridized carbons (Fsp3) is 0.316. The Balaban J connectivity index is 1.71. The molecule has 0 radical (unpaired) electrons. The summed E-state index contributed by atoms with van der Waals surface area (Å²) in [4.78, 5) is 13.2. The number of ether oxygens (including phenoxy) is 1. The van der Waals surface area contributed by atoms with Gasteiger partial charge in [-0.15, -0.1) is 11.8 Å². The molecule has 1 atom stereocenters. The molecule has 23 heavy (non-hydrogen) atoms. The van der Waals surface area contributed by atoms with Gasteiger partial charge in [-0.25, -0.2) is 0 Å². The average molecular weight is 329 g/mol. The van der Waals surface area contributed by atoms with Gasteiger partial charge < -0.3 is 10.1 Å². The van der Waals surface area contributed by atoms with Crippen LogP contribution in [-0.2, 0) is 4.79 Å². The van der Waals surface area contributed by atoms with E-state index in [4.69, 9.17) is 4.74 Å². The summed E-state index contributed by atoms with van der Waals surface area (Å²) in [5, 5.41) is 2.79. The molecule has 2 aromatic carbocycles. The molecule has 0 aliphatic heterocycles. The second kappa shape index (κ2) is 8.63. The standard InChI is InChI=1S/C19H23NO2S/c1-14-9-10-17(13-15(14)2)22-12-11-20-19(21)16(3)23-18-7-5-4-6-8-18/h4-10,13,16H,11-12H2,1-3H3,(H,20,21). The number of thioether (sulfide) groups is 1. The van der Waals surface area contributed by atoms with Crippen molar-refractivity contribution in [1.82, 2.24) is 5.32 Å². The Morgan fingerprint density at radius 2 is 1.87 bits per heavy atom. The first-order valence-corrected chi connectivity index (χ1v) is 8.63. The zero-order valence-electron chi connectivity index (χ0n) is 13.8. The van der Waals surface area contributed by atoms with Crippen LogP contribution in [0.3, 0.4) is 0 Å². The van der Waals surface area contributed by atoms with Crippen molar-refractivity contribution in [2.75, 3.05) is 13.2 Å². The van der Waals surface area contributed by atoms with Crippen molar-refractivity contribution in [3.63, 3.8) is 0 Å². The van der Waals surface area contributed by atoms with E-state index in [1.807, 2.05) is 55.5 Å². The molecule has 0 saturated heterocycles. The number of benzene rings is 2. The van der Waals surface area contributed by atoms with E-state index in [2.05, 4.69) is 19.2 Å². The highest BCUT2D eigenvalue weighted by Gasteiger charge is 2.13. The van der Waals surface area contributed by atoms with E-state index in [0.717, 1.165) is 10.6 Å². The van der Waals surface area contributed by atoms with Gasteiger partial charge in [-0.2, -0.15) is 0 Å². The summed E-state index contributed by atoms with van der Waals surface area (Å²) in [7, 11) is 0. The second-order valence-electron chi connectivity index (χ2n) is 5.46. The third-order valence-electron chi connectivity index (χ3n) is 3.57. The number of nitrogens with one attached hydrogen (secondary N) is 1. The van der Waals surface area contributed by atoms with Gasteiger partial charge in [-0.1, -0.05) is 24.3 Å². The first-order chi connectivity index (χ1) is 11.1. The van der Waals surface area contributed by atoms with Gasteiger partial charge in [0.15, 0.2) is 0 Å². The highest BCUT2D eigenvalue weighted by atomic mass is 32.2. The number of carbonyl (C=O) groups excluding carboxylic acids is 1. The number of hydrogen-bond acceptors (Lipinski definition) is 3. The van der Waals surface area contributed by atoms with E-state index in [0.29, 0.717) is 13.2 Å². The lowest BCUT2D eigenvalue weighted by Crippen LogP contribution is -2.33. The molecule has 1 amide bonds. The summed E-state index contributed by atoms with van der Waals surface area (Å²) < 4.78 is 5.67. The van der Waals surface area contributed by atoms with Crippen LogP contribution >= 0.6 is 11.8 Å². The highest BCUT2D eigenvalue weighted by molar-refractivity contribution is 8.00. The summed E-state index contributed by atoms with van der Waals surface area (Å²) in [6.07, 6.45) is 0. The highest BCUT2D eigenvalue weighted by Crippen LogP contribution is 2.22. The van der Waals surface area contributed by atoms with E-state index in [1.165, 1.54) is 11.1 Å². The van der Waals surface area contributed by atoms with Crippen LogP contribution in [-0.4, -0.2) is 24.3 Å². The van der Waals surface area contributed by atoms with Crippen LogP contribution in [0.15, 0.2) is 53.4 Å². The van der Waals surface area contributed by atoms with Crippen molar-refractivity contribution < 1.29 is 9.53 Å². The van der Waals surface area contributed by atoms with Gasteiger partial charge >= 0.3 is 0 Å². The lowest BCUT2D eigenvalue weighted by atomic mass is 10.1. The van der Waals surface area contributed by atoms with Crippen LogP contribution in [0.4, 0.5) is 0 Å². The second-order valence-corrected chi connectivity index (χ2v) is 6.87. The maximum atomic E-state index is 12.1. The molecule has 0 heterocycles. The summed E-state index contributed by atoms with van der Waals surface area (Å²) in [6.45, 7) is 7.02. The molecule has 0 aromatic heterocycles. The minimum absolute atomic E-state index is 0.0301. The molecule has 3 nitrogen and oxygen atoms in total. The molecular weight excluding hydrogens is 306 g/mol. The minimum Gasteiger partial charge on any atom is -0.492 e. The topological polar surface area (TPSA) is 38.3 Å². The summed E-state index contributed by atoms with van der Waals surface area (Å²) in [5.41, 5.74) is 2.46. The average Bonchev–Trinajstić information content (AvgIpc) is 2.55. The van der Waals surface area contributed by atoms with Crippen LogP contribution in [0.1, 0.15) is 18.1 Å². The van der Waals surface area contributed by atoms with E-state index < -0.39 is 0 Å². The monoisotopic (exact) mass is 329 g/mol. The quantitative estimate of drug-likeness (QED) is 0.617. The van der Waals surface area contributed by atoms with Crippen LogP contribution in [0, 0.1) is 13.8 Å². The zero-order valence-corrected chi connectivity index (χ0v) is 14.7. The normalized spacial score (nSPS) is 11.8. The third kappa shape index (κ3) is 5.64. The first kappa shape index (κ1) is 17.4. The largest absolute Gasteiger partial charge is 0.492 e. The molecule has 122 valence electrons. The van der Waals surface area contributed by atoms with Crippen LogP contribution in [0.5, 0.6) is 5.75 Å². The van der Waals surface area contributed by atoms with Crippen LogP contribution in [0.2, 0.25) is 0 Å². The molecular formula is C19H23NO2S. The Kier molecular flexibility index (Phi) is 6.53. The molecule has 0 bridgehead atoms. The molecule has 1 N–H and O–H groups in total. The summed E-state index contributed by atoms with van der Waals surface area (Å²) >= 11 is 1.56. The van der Waals surface area contributed by atoms with E-state index in [1.54, 1.807) is 11.8 Å². The van der Waals surface area contributed by atoms with Gasteiger partial charge in [-0.05, 0) is 56.2 Å². The number of rotatable bonds is 7. The smallest absolute Gasteiger partial charge is 0.233 e. The first-order valence-electron chi connectivity index (χ1n) is 7.76. The molecule has 4 heteroatoms. The van der Waals surface area contributed by atoms with Crippen LogP contribution in [0.25, 0.3) is 0 Å². The Morgan fingerprint density at radius 3 is 2.57 bits per heavy atom. The summed E-state index contributed by atoms with van der Waals surface area (Å²) in [6, 6.07) is 16.0. The molecule has 0 spiro atoms. The van der Waals surface area contributed by atoms with Gasteiger partial charge in [0, 0.05) is 4.90 Å². The number of hydrogen-bond donors (Lipinski definition) is 1. The van der Waals surface area contributed by atoms with Crippen molar-refractivity contribution in [2.24, 2.45) is 0 Å². The van der Waals surface area contributed by atoms with E-state index in [9.17, 15) is 4.79 Å². The lowest BCUT2D eigenvalue weighted by molar-refractivity contribution is -0.120. The van der Waals surface area contributed by atoms with Crippen molar-refractivity contribution in [3.8, 4) is 5.75 Å². The van der Waals surface area contributed by atoms with Gasteiger partial charge in [0.25, 0.3) is 0 Å². The maximum Gasteiger partial charge on any atom is 0.233 e. The van der Waals surface area contributed by atoms with Gasteiger partial charge in [-0.3, -0.25) is 4.79 Å². The fourth-order valence-electron chi connectivity index (χ4n) is 2.05. The van der Waals surface area contributed by atoms with Gasteiger partial charge in [0.05, 0.1) is 11.8 Å². The van der Waals surface area contributed by atoms with Crippen molar-refractivity contribution >= 4 is 17.7 Å². The number of carbonyl (C=O) groups is 1. The Labute approximate surface area is 142 Å². The Morgan fingerprint density at radius 1 is 1.13 bits per heavy atom. The Bertz CT molecular complexity index is 643. The van der Waals surface area contributed by atoms with Crippen molar-refractivity contribution in [1.29, 1.82) is 0 Å². The van der Waals surface area contributed by atoms with Gasteiger partial charge in [0.2, 0.25) is 5.91 Å². The third-order valence-corrected chi connectivity index (χ3v) is 4.69. The van der Waals surface area contributed by atoms with E-state index >= 15 is 0 Å². The van der Waals surface area contributed by atoms with Crippen LogP contribution < -0.4 is 10.1 Å². The molecule has 1 unspecified atom stereocenters. The summed E-state index contributed by atoms with van der Waals surface area (Å²) in [5.74, 6) is 0.872. The number of aryl methyl sites for hydroxylation is 2. The molecule has 0 aliphatic rings. The number of amides is 1.